The second-order valence-corrected chi connectivity index (χ2v) is 5.59. The highest BCUT2D eigenvalue weighted by Crippen LogP contribution is 2.32. The van der Waals surface area contributed by atoms with Gasteiger partial charge in [0.05, 0.1) is 6.04 Å². The van der Waals surface area contributed by atoms with Crippen LogP contribution in [0.15, 0.2) is 18.2 Å². The van der Waals surface area contributed by atoms with Crippen molar-refractivity contribution >= 4 is 5.91 Å². The average Bonchev–Trinajstić information content (AvgIpc) is 2.52. The van der Waals surface area contributed by atoms with Crippen molar-refractivity contribution in [3.05, 3.63) is 35.1 Å². The van der Waals surface area contributed by atoms with Crippen molar-refractivity contribution in [3.8, 4) is 0 Å². The van der Waals surface area contributed by atoms with E-state index in [-0.39, 0.29) is 23.8 Å². The molecule has 3 nitrogen and oxygen atoms in total. The second-order valence-electron chi connectivity index (χ2n) is 5.59. The fourth-order valence-electron chi connectivity index (χ4n) is 3.05. The molecule has 1 saturated heterocycles. The molecule has 1 heterocycles. The highest BCUT2D eigenvalue weighted by Gasteiger charge is 2.33. The summed E-state index contributed by atoms with van der Waals surface area (Å²) in [4.78, 5) is 14.2. The van der Waals surface area contributed by atoms with Crippen molar-refractivity contribution in [2.45, 2.75) is 51.6 Å². The Labute approximate surface area is 120 Å². The van der Waals surface area contributed by atoms with Gasteiger partial charge in [-0.2, -0.15) is 0 Å². The van der Waals surface area contributed by atoms with E-state index < -0.39 is 0 Å². The van der Waals surface area contributed by atoms with Gasteiger partial charge >= 0.3 is 0 Å². The number of hydrogen-bond acceptors (Lipinski definition) is 2. The molecule has 0 spiro atoms. The van der Waals surface area contributed by atoms with Crippen LogP contribution in [0, 0.1) is 12.7 Å². The second kappa shape index (κ2) is 6.35. The Morgan fingerprint density at radius 3 is 2.85 bits per heavy atom. The zero-order valence-corrected chi connectivity index (χ0v) is 12.2. The number of carbonyl (C=O) groups excluding carboxylic acids is 1. The minimum absolute atomic E-state index is 0.0860. The van der Waals surface area contributed by atoms with E-state index in [1.54, 1.807) is 6.07 Å². The Balaban J connectivity index is 2.42. The van der Waals surface area contributed by atoms with Gasteiger partial charge in [0.25, 0.3) is 0 Å². The van der Waals surface area contributed by atoms with Crippen molar-refractivity contribution in [1.29, 1.82) is 0 Å². The molecular formula is C16H23FN2O. The molecule has 4 heteroatoms. The number of halogens is 1. The Morgan fingerprint density at radius 2 is 2.20 bits per heavy atom. The lowest BCUT2D eigenvalue weighted by atomic mass is 9.93. The number of likely N-dealkylation sites (tertiary alicyclic amines) is 1. The molecule has 0 radical (unpaired) electrons. The molecule has 110 valence electrons. The predicted molar refractivity (Wildman–Crippen MR) is 77.7 cm³/mol. The molecule has 20 heavy (non-hydrogen) atoms. The van der Waals surface area contributed by atoms with Crippen LogP contribution in [0.25, 0.3) is 0 Å². The first-order valence-corrected chi connectivity index (χ1v) is 7.35. The number of amides is 1. The highest BCUT2D eigenvalue weighted by molar-refractivity contribution is 5.77. The van der Waals surface area contributed by atoms with Gasteiger partial charge in [-0.15, -0.1) is 0 Å². The fourth-order valence-corrected chi connectivity index (χ4v) is 3.05. The number of nitrogens with zero attached hydrogens (tertiary/aromatic N) is 1. The number of aryl methyl sites for hydroxylation is 1. The summed E-state index contributed by atoms with van der Waals surface area (Å²) < 4.78 is 13.3. The maximum Gasteiger partial charge on any atom is 0.223 e. The first-order valence-electron chi connectivity index (χ1n) is 7.35. The van der Waals surface area contributed by atoms with E-state index in [0.717, 1.165) is 30.4 Å². The number of hydrogen-bond donors (Lipinski definition) is 1. The monoisotopic (exact) mass is 278 g/mol. The van der Waals surface area contributed by atoms with Gasteiger partial charge in [0.1, 0.15) is 5.82 Å². The van der Waals surface area contributed by atoms with E-state index in [2.05, 4.69) is 6.92 Å². The smallest absolute Gasteiger partial charge is 0.223 e. The van der Waals surface area contributed by atoms with Crippen LogP contribution < -0.4 is 5.73 Å². The molecule has 2 N–H and O–H groups in total. The lowest BCUT2D eigenvalue weighted by Crippen LogP contribution is -2.42. The lowest BCUT2D eigenvalue weighted by Gasteiger charge is -2.34. The quantitative estimate of drug-likeness (QED) is 0.924. The minimum Gasteiger partial charge on any atom is -0.334 e. The van der Waals surface area contributed by atoms with Crippen molar-refractivity contribution < 1.29 is 9.18 Å². The molecule has 1 aliphatic heterocycles. The molecular weight excluding hydrogens is 255 g/mol. The van der Waals surface area contributed by atoms with Gasteiger partial charge in [-0.1, -0.05) is 13.0 Å². The molecule has 1 amide bonds. The van der Waals surface area contributed by atoms with Gasteiger partial charge in [-0.25, -0.2) is 4.39 Å². The van der Waals surface area contributed by atoms with Crippen LogP contribution in [0.4, 0.5) is 4.39 Å². The molecule has 1 aromatic carbocycles. The number of benzene rings is 1. The molecule has 2 rings (SSSR count). The fraction of sp³-hybridized carbons (Fsp3) is 0.562. The van der Waals surface area contributed by atoms with E-state index >= 15 is 0 Å². The SMILES string of the molecule is CCCN1C(=O)CCCC(N)C1c1ccc(F)cc1C. The lowest BCUT2D eigenvalue weighted by molar-refractivity contribution is -0.133. The van der Waals surface area contributed by atoms with Crippen LogP contribution in [0.1, 0.15) is 49.8 Å². The predicted octanol–water partition coefficient (Wildman–Crippen LogP) is 2.93. The normalized spacial score (nSPS) is 23.8. The summed E-state index contributed by atoms with van der Waals surface area (Å²) in [6.45, 7) is 4.64. The summed E-state index contributed by atoms with van der Waals surface area (Å²) in [6, 6.07) is 4.52. The van der Waals surface area contributed by atoms with E-state index in [4.69, 9.17) is 5.73 Å². The summed E-state index contributed by atoms with van der Waals surface area (Å²) in [7, 11) is 0. The molecule has 0 bridgehead atoms. The number of carbonyl (C=O) groups is 1. The minimum atomic E-state index is -0.248. The highest BCUT2D eigenvalue weighted by atomic mass is 19.1. The summed E-state index contributed by atoms with van der Waals surface area (Å²) in [5.74, 6) is -0.0877. The van der Waals surface area contributed by atoms with Gasteiger partial charge in [0.2, 0.25) is 5.91 Å². The molecule has 2 unspecified atom stereocenters. The number of nitrogens with two attached hydrogens (primary N) is 1. The topological polar surface area (TPSA) is 46.3 Å². The first-order chi connectivity index (χ1) is 9.54. The maximum absolute atomic E-state index is 13.3. The molecule has 1 aromatic rings. The van der Waals surface area contributed by atoms with Gasteiger partial charge in [-0.05, 0) is 49.4 Å². The summed E-state index contributed by atoms with van der Waals surface area (Å²) in [6.07, 6.45) is 3.12. The third-order valence-electron chi connectivity index (χ3n) is 4.00. The van der Waals surface area contributed by atoms with Crippen LogP contribution in [0.5, 0.6) is 0 Å². The van der Waals surface area contributed by atoms with Gasteiger partial charge in [0, 0.05) is 19.0 Å². The Morgan fingerprint density at radius 1 is 1.45 bits per heavy atom. The zero-order valence-electron chi connectivity index (χ0n) is 12.2. The van der Waals surface area contributed by atoms with Crippen molar-refractivity contribution in [3.63, 3.8) is 0 Å². The average molecular weight is 278 g/mol. The third kappa shape index (κ3) is 3.01. The van der Waals surface area contributed by atoms with Crippen LogP contribution in [0.3, 0.4) is 0 Å². The molecule has 2 atom stereocenters. The van der Waals surface area contributed by atoms with E-state index in [0.29, 0.717) is 13.0 Å². The van der Waals surface area contributed by atoms with Crippen molar-refractivity contribution in [2.75, 3.05) is 6.54 Å². The molecule has 0 saturated carbocycles. The molecule has 0 aliphatic carbocycles. The summed E-state index contributed by atoms with van der Waals surface area (Å²) in [5.41, 5.74) is 8.15. The van der Waals surface area contributed by atoms with Crippen molar-refractivity contribution in [1.82, 2.24) is 4.90 Å². The van der Waals surface area contributed by atoms with E-state index in [1.807, 2.05) is 11.8 Å². The van der Waals surface area contributed by atoms with Crippen LogP contribution >= 0.6 is 0 Å². The Bertz CT molecular complexity index is 489. The Hall–Kier alpha value is -1.42. The standard InChI is InChI=1S/C16H23FN2O/c1-3-9-19-15(20)6-4-5-14(18)16(19)13-8-7-12(17)10-11(13)2/h7-8,10,14,16H,3-6,9,18H2,1-2H3. The molecule has 0 aromatic heterocycles. The van der Waals surface area contributed by atoms with Gasteiger partial charge < -0.3 is 10.6 Å². The van der Waals surface area contributed by atoms with E-state index in [9.17, 15) is 9.18 Å². The summed E-state index contributed by atoms with van der Waals surface area (Å²) >= 11 is 0. The molecule has 1 aliphatic rings. The summed E-state index contributed by atoms with van der Waals surface area (Å²) in [5, 5.41) is 0. The molecule has 1 fully saturated rings. The van der Waals surface area contributed by atoms with Crippen LogP contribution in [-0.2, 0) is 4.79 Å². The maximum atomic E-state index is 13.3. The zero-order chi connectivity index (χ0) is 14.7. The number of rotatable bonds is 3. The van der Waals surface area contributed by atoms with Gasteiger partial charge in [-0.3, -0.25) is 4.79 Å². The third-order valence-corrected chi connectivity index (χ3v) is 4.00. The van der Waals surface area contributed by atoms with Crippen LogP contribution in [-0.4, -0.2) is 23.4 Å². The van der Waals surface area contributed by atoms with E-state index in [1.165, 1.54) is 12.1 Å². The van der Waals surface area contributed by atoms with Gasteiger partial charge in [0.15, 0.2) is 0 Å². The Kier molecular flexibility index (Phi) is 4.76. The van der Waals surface area contributed by atoms with Crippen LogP contribution in [0.2, 0.25) is 0 Å². The van der Waals surface area contributed by atoms with Crippen molar-refractivity contribution in [2.24, 2.45) is 5.73 Å². The largest absolute Gasteiger partial charge is 0.334 e. The first kappa shape index (κ1) is 15.0.